The molecule has 0 N–H and O–H groups in total. The van der Waals surface area contributed by atoms with Crippen molar-refractivity contribution in [3.63, 3.8) is 0 Å². The van der Waals surface area contributed by atoms with Crippen LogP contribution in [-0.2, 0) is 6.42 Å². The van der Waals surface area contributed by atoms with Gasteiger partial charge in [-0.05, 0) is 112 Å². The van der Waals surface area contributed by atoms with Gasteiger partial charge in [-0.2, -0.15) is 0 Å². The molecule has 2 heterocycles. The van der Waals surface area contributed by atoms with Crippen LogP contribution in [0.1, 0.15) is 17.5 Å². The van der Waals surface area contributed by atoms with Crippen molar-refractivity contribution in [3.8, 4) is 27.9 Å². The van der Waals surface area contributed by atoms with Gasteiger partial charge in [-0.15, -0.1) is 11.3 Å². The quantitative estimate of drug-likeness (QED) is 0.163. The van der Waals surface area contributed by atoms with Gasteiger partial charge in [-0.1, -0.05) is 146 Å². The molecule has 278 valence electrons. The topological polar surface area (TPSA) is 8.17 Å². The van der Waals surface area contributed by atoms with Gasteiger partial charge in [0.2, 0.25) is 0 Å². The molecule has 2 nitrogen and oxygen atoms in total. The van der Waals surface area contributed by atoms with Gasteiger partial charge in [0.05, 0.1) is 16.7 Å². The molecule has 0 aliphatic heterocycles. The Kier molecular flexibility index (Phi) is 7.89. The second-order valence-corrected chi connectivity index (χ2v) is 16.6. The molecule has 12 rings (SSSR count). The Morgan fingerprint density at radius 1 is 0.492 bits per heavy atom. The van der Waals surface area contributed by atoms with Crippen LogP contribution in [0.2, 0.25) is 0 Å². The summed E-state index contributed by atoms with van der Waals surface area (Å²) in [6.45, 7) is 0. The molecular weight excluding hydrogens is 733 g/mol. The average molecular weight is 771 g/mol. The Morgan fingerprint density at radius 2 is 1.15 bits per heavy atom. The lowest BCUT2D eigenvalue weighted by Crippen LogP contribution is -2.10. The fourth-order valence-electron chi connectivity index (χ4n) is 9.53. The van der Waals surface area contributed by atoms with E-state index in [2.05, 4.69) is 216 Å². The highest BCUT2D eigenvalue weighted by Crippen LogP contribution is 2.50. The molecule has 0 saturated heterocycles. The van der Waals surface area contributed by atoms with E-state index in [0.717, 1.165) is 24.2 Å². The fourth-order valence-corrected chi connectivity index (χ4v) is 10.8. The zero-order valence-electron chi connectivity index (χ0n) is 32.3. The summed E-state index contributed by atoms with van der Waals surface area (Å²) in [5.41, 5.74) is 14.9. The van der Waals surface area contributed by atoms with Crippen LogP contribution in [0.4, 0.5) is 17.1 Å². The molecule has 1 aliphatic rings. The minimum Gasteiger partial charge on any atom is -0.310 e. The van der Waals surface area contributed by atoms with Gasteiger partial charge in [-0.25, -0.2) is 0 Å². The largest absolute Gasteiger partial charge is 0.310 e. The van der Waals surface area contributed by atoms with Gasteiger partial charge in [0.15, 0.2) is 0 Å². The van der Waals surface area contributed by atoms with Crippen molar-refractivity contribution in [1.82, 2.24) is 4.57 Å². The van der Waals surface area contributed by atoms with Gasteiger partial charge in [0, 0.05) is 53.4 Å². The van der Waals surface area contributed by atoms with Crippen LogP contribution < -0.4 is 4.90 Å². The summed E-state index contributed by atoms with van der Waals surface area (Å²) in [7, 11) is 0. The number of benzene rings is 9. The lowest BCUT2D eigenvalue weighted by Gasteiger charge is -2.27. The minimum absolute atomic E-state index is 1.03. The van der Waals surface area contributed by atoms with Crippen molar-refractivity contribution in [1.29, 1.82) is 0 Å². The molecule has 59 heavy (non-hydrogen) atoms. The molecule has 0 radical (unpaired) electrons. The predicted octanol–water partition coefficient (Wildman–Crippen LogP) is 16.1. The van der Waals surface area contributed by atoms with Crippen LogP contribution in [-0.4, -0.2) is 4.57 Å². The number of nitrogens with zero attached hydrogens (tertiary/aromatic N) is 2. The van der Waals surface area contributed by atoms with Crippen molar-refractivity contribution in [3.05, 3.63) is 211 Å². The summed E-state index contributed by atoms with van der Waals surface area (Å²) >= 11 is 1.94. The molecule has 0 bridgehead atoms. The minimum atomic E-state index is 1.03. The van der Waals surface area contributed by atoms with E-state index in [9.17, 15) is 0 Å². The molecule has 0 saturated carbocycles. The number of allylic oxidation sites excluding steroid dienone is 1. The standard InChI is InChI=1S/C56H38N2S/c1-4-15-37(16-5-1)41-29-33-48-51(36-41)58(43-21-8-3-9-22-43)55-46-24-12-13-25-47(46)56-54(53(48)55)49-35-40(30-34-52(49)59-56)38-27-31-44(32-28-38)57(42-19-6-2-7-20-42)50-26-14-18-39-17-10-11-23-45(39)50/h1-11,13-23,25-36H,12,24H2. The van der Waals surface area contributed by atoms with Crippen molar-refractivity contribution in [2.24, 2.45) is 0 Å². The second-order valence-electron chi connectivity index (χ2n) is 15.6. The maximum absolute atomic E-state index is 2.55. The molecule has 3 heteroatoms. The van der Waals surface area contributed by atoms with E-state index in [1.165, 1.54) is 97.5 Å². The molecule has 0 atom stereocenters. The molecule has 1 aliphatic carbocycles. The SMILES string of the molecule is C1=Cc2c(c3c(c4ccc(-c5ccccc5)cc4n3-c3ccccc3)c3c2sc2ccc(-c4ccc(N(c5ccccc5)c5cccc6ccccc56)cc4)cc23)CC1. The van der Waals surface area contributed by atoms with E-state index in [1.807, 2.05) is 11.3 Å². The number of aryl methyl sites for hydroxylation is 1. The number of fused-ring (bicyclic) bond motifs is 11. The number of aromatic nitrogens is 1. The predicted molar refractivity (Wildman–Crippen MR) is 254 cm³/mol. The Hall–Kier alpha value is -7.20. The Morgan fingerprint density at radius 3 is 1.98 bits per heavy atom. The lowest BCUT2D eigenvalue weighted by molar-refractivity contribution is 0.988. The first-order valence-electron chi connectivity index (χ1n) is 20.5. The molecule has 11 aromatic rings. The highest BCUT2D eigenvalue weighted by atomic mass is 32.1. The summed E-state index contributed by atoms with van der Waals surface area (Å²) < 4.78 is 5.26. The van der Waals surface area contributed by atoms with Crippen LogP contribution in [0, 0.1) is 0 Å². The van der Waals surface area contributed by atoms with Gasteiger partial charge < -0.3 is 9.47 Å². The van der Waals surface area contributed by atoms with Crippen molar-refractivity contribution >= 4 is 87.2 Å². The average Bonchev–Trinajstić information content (AvgIpc) is 3.86. The van der Waals surface area contributed by atoms with Gasteiger partial charge in [0.25, 0.3) is 0 Å². The number of thiophene rings is 1. The maximum Gasteiger partial charge on any atom is 0.0586 e. The molecule has 0 amide bonds. The molecule has 0 unspecified atom stereocenters. The summed E-state index contributed by atoms with van der Waals surface area (Å²) in [4.78, 5) is 2.38. The van der Waals surface area contributed by atoms with Crippen LogP contribution in [0.3, 0.4) is 0 Å². The van der Waals surface area contributed by atoms with Crippen molar-refractivity contribution < 1.29 is 0 Å². The normalized spacial score (nSPS) is 12.5. The summed E-state index contributed by atoms with van der Waals surface area (Å²) in [6, 6.07) is 71.0. The lowest BCUT2D eigenvalue weighted by atomic mass is 9.91. The molecule has 0 fully saturated rings. The van der Waals surface area contributed by atoms with Crippen LogP contribution in [0.15, 0.2) is 200 Å². The maximum atomic E-state index is 2.55. The number of anilines is 3. The monoisotopic (exact) mass is 770 g/mol. The first-order valence-corrected chi connectivity index (χ1v) is 21.3. The highest BCUT2D eigenvalue weighted by molar-refractivity contribution is 7.26. The van der Waals surface area contributed by atoms with Gasteiger partial charge in [0.1, 0.15) is 0 Å². The van der Waals surface area contributed by atoms with E-state index in [-0.39, 0.29) is 0 Å². The Bertz CT molecular complexity index is 3410. The smallest absolute Gasteiger partial charge is 0.0586 e. The van der Waals surface area contributed by atoms with Crippen molar-refractivity contribution in [2.45, 2.75) is 12.8 Å². The zero-order chi connectivity index (χ0) is 38.9. The first kappa shape index (κ1) is 33.9. The molecule has 0 spiro atoms. The number of hydrogen-bond acceptors (Lipinski definition) is 2. The number of para-hydroxylation sites is 2. The van der Waals surface area contributed by atoms with Crippen LogP contribution >= 0.6 is 11.3 Å². The Balaban J connectivity index is 1.07. The summed E-state index contributed by atoms with van der Waals surface area (Å²) in [5.74, 6) is 0. The van der Waals surface area contributed by atoms with E-state index in [1.54, 1.807) is 0 Å². The van der Waals surface area contributed by atoms with E-state index < -0.39 is 0 Å². The zero-order valence-corrected chi connectivity index (χ0v) is 33.2. The van der Waals surface area contributed by atoms with Crippen LogP contribution in [0.5, 0.6) is 0 Å². The number of hydrogen-bond donors (Lipinski definition) is 0. The van der Waals surface area contributed by atoms with Crippen LogP contribution in [0.25, 0.3) is 86.8 Å². The van der Waals surface area contributed by atoms with Gasteiger partial charge >= 0.3 is 0 Å². The summed E-state index contributed by atoms with van der Waals surface area (Å²) in [6.07, 6.45) is 6.83. The van der Waals surface area contributed by atoms with E-state index in [4.69, 9.17) is 0 Å². The molecule has 9 aromatic carbocycles. The first-order chi connectivity index (χ1) is 29.3. The Labute approximate surface area is 347 Å². The molecular formula is C56H38N2S. The van der Waals surface area contributed by atoms with E-state index >= 15 is 0 Å². The van der Waals surface area contributed by atoms with Crippen molar-refractivity contribution in [2.75, 3.05) is 4.90 Å². The second kappa shape index (κ2) is 13.7. The van der Waals surface area contributed by atoms with Gasteiger partial charge in [-0.3, -0.25) is 0 Å². The summed E-state index contributed by atoms with van der Waals surface area (Å²) in [5, 5.41) is 7.80. The fraction of sp³-hybridized carbons (Fsp3) is 0.0357. The third-order valence-electron chi connectivity index (χ3n) is 12.2. The van der Waals surface area contributed by atoms with E-state index in [0.29, 0.717) is 0 Å². The third-order valence-corrected chi connectivity index (χ3v) is 13.4. The molecule has 2 aromatic heterocycles. The highest BCUT2D eigenvalue weighted by Gasteiger charge is 2.26. The third kappa shape index (κ3) is 5.46. The number of rotatable bonds is 6.